The zero-order chi connectivity index (χ0) is 19.1. The number of anilines is 1. The van der Waals surface area contributed by atoms with Crippen LogP contribution in [0.2, 0.25) is 0 Å². The second kappa shape index (κ2) is 9.54. The number of hydrogen-bond acceptors (Lipinski definition) is 4. The Morgan fingerprint density at radius 2 is 1.92 bits per heavy atom. The second-order valence-corrected chi connectivity index (χ2v) is 6.97. The molecule has 0 radical (unpaired) electrons. The second-order valence-electron chi connectivity index (χ2n) is 5.64. The number of halogens is 1. The lowest BCUT2D eigenvalue weighted by molar-refractivity contribution is 0.0974. The van der Waals surface area contributed by atoms with Gasteiger partial charge in [-0.1, -0.05) is 28.1 Å². The first-order chi connectivity index (χ1) is 12.4. The highest BCUT2D eigenvalue weighted by Crippen LogP contribution is 2.25. The van der Waals surface area contributed by atoms with Gasteiger partial charge >= 0.3 is 0 Å². The quantitative estimate of drug-likeness (QED) is 0.639. The van der Waals surface area contributed by atoms with E-state index in [4.69, 9.17) is 21.7 Å². The molecule has 0 fully saturated rings. The molecule has 2 rings (SSSR count). The summed E-state index contributed by atoms with van der Waals surface area (Å²) in [6, 6.07) is 12.7. The fourth-order valence-corrected chi connectivity index (χ4v) is 2.78. The Balaban J connectivity index is 2.11. The van der Waals surface area contributed by atoms with Crippen LogP contribution in [0, 0.1) is 0 Å². The van der Waals surface area contributed by atoms with Crippen molar-refractivity contribution in [1.82, 2.24) is 5.32 Å². The van der Waals surface area contributed by atoms with Gasteiger partial charge in [-0.2, -0.15) is 0 Å². The van der Waals surface area contributed by atoms with Crippen LogP contribution in [0.25, 0.3) is 0 Å². The molecule has 0 aliphatic heterocycles. The number of rotatable bonds is 6. The molecule has 0 saturated heterocycles. The van der Waals surface area contributed by atoms with Crippen molar-refractivity contribution in [2.24, 2.45) is 0 Å². The zero-order valence-electron chi connectivity index (χ0n) is 14.8. The van der Waals surface area contributed by atoms with Crippen LogP contribution < -0.4 is 20.1 Å². The molecule has 0 bridgehead atoms. The summed E-state index contributed by atoms with van der Waals surface area (Å²) in [5, 5.41) is 5.86. The van der Waals surface area contributed by atoms with Crippen LogP contribution in [0.5, 0.6) is 11.5 Å². The molecule has 1 amide bonds. The van der Waals surface area contributed by atoms with Crippen molar-refractivity contribution in [2.75, 3.05) is 11.9 Å². The summed E-state index contributed by atoms with van der Waals surface area (Å²) in [5.41, 5.74) is 1.09. The van der Waals surface area contributed by atoms with Gasteiger partial charge in [0.1, 0.15) is 11.5 Å². The normalized spacial score (nSPS) is 10.3. The first-order valence-corrected chi connectivity index (χ1v) is 9.41. The Morgan fingerprint density at radius 1 is 1.19 bits per heavy atom. The Bertz CT molecular complexity index is 796. The number of ether oxygens (including phenoxy) is 2. The molecule has 0 saturated carbocycles. The molecule has 2 aromatic rings. The van der Waals surface area contributed by atoms with Crippen LogP contribution >= 0.6 is 28.1 Å². The van der Waals surface area contributed by atoms with Gasteiger partial charge in [-0.25, -0.2) is 0 Å². The van der Waals surface area contributed by atoms with Gasteiger partial charge in [-0.05, 0) is 63.3 Å². The lowest BCUT2D eigenvalue weighted by Gasteiger charge is -2.16. The highest BCUT2D eigenvalue weighted by molar-refractivity contribution is 9.10. The van der Waals surface area contributed by atoms with E-state index >= 15 is 0 Å². The van der Waals surface area contributed by atoms with E-state index in [2.05, 4.69) is 26.6 Å². The Hall–Kier alpha value is -2.12. The number of carbonyl (C=O) groups excluding carboxylic acids is 1. The molecule has 0 aliphatic carbocycles. The number of amides is 1. The van der Waals surface area contributed by atoms with E-state index in [1.807, 2.05) is 51.1 Å². The van der Waals surface area contributed by atoms with E-state index < -0.39 is 0 Å². The van der Waals surface area contributed by atoms with E-state index in [0.717, 1.165) is 4.47 Å². The summed E-state index contributed by atoms with van der Waals surface area (Å²) >= 11 is 8.64. The van der Waals surface area contributed by atoms with E-state index in [-0.39, 0.29) is 17.1 Å². The minimum atomic E-state index is -0.352. The summed E-state index contributed by atoms with van der Waals surface area (Å²) in [7, 11) is 0. The molecule has 0 aliphatic rings. The molecular formula is C19H21BrN2O3S. The van der Waals surface area contributed by atoms with Crippen LogP contribution in [0.4, 0.5) is 5.69 Å². The molecular weight excluding hydrogens is 416 g/mol. The van der Waals surface area contributed by atoms with Gasteiger partial charge in [0.2, 0.25) is 0 Å². The van der Waals surface area contributed by atoms with Crippen molar-refractivity contribution in [3.05, 3.63) is 52.5 Å². The van der Waals surface area contributed by atoms with Crippen molar-refractivity contribution >= 4 is 44.9 Å². The van der Waals surface area contributed by atoms with Crippen LogP contribution in [0.15, 0.2) is 46.9 Å². The topological polar surface area (TPSA) is 59.6 Å². The minimum Gasteiger partial charge on any atom is -0.493 e. The van der Waals surface area contributed by atoms with E-state index in [9.17, 15) is 4.79 Å². The van der Waals surface area contributed by atoms with Crippen LogP contribution in [-0.2, 0) is 0 Å². The number of hydrogen-bond donors (Lipinski definition) is 2. The van der Waals surface area contributed by atoms with Gasteiger partial charge in [0, 0.05) is 4.47 Å². The van der Waals surface area contributed by atoms with Gasteiger partial charge in [-0.15, -0.1) is 0 Å². The Labute approximate surface area is 167 Å². The number of thiocarbonyl (C=S) groups is 1. The fourth-order valence-electron chi connectivity index (χ4n) is 2.21. The molecule has 5 nitrogen and oxygen atoms in total. The van der Waals surface area contributed by atoms with Crippen molar-refractivity contribution in [1.29, 1.82) is 0 Å². The SMILES string of the molecule is CCOc1ccc(Br)cc1C(=O)NC(=S)Nc1ccccc1OC(C)C. The maximum atomic E-state index is 12.6. The average molecular weight is 437 g/mol. The number of benzene rings is 2. The number of para-hydroxylation sites is 2. The lowest BCUT2D eigenvalue weighted by atomic mass is 10.2. The van der Waals surface area contributed by atoms with Crippen LogP contribution in [0.3, 0.4) is 0 Å². The molecule has 138 valence electrons. The summed E-state index contributed by atoms with van der Waals surface area (Å²) in [5.74, 6) is 0.811. The summed E-state index contributed by atoms with van der Waals surface area (Å²) in [6.45, 7) is 6.21. The molecule has 0 aromatic heterocycles. The van der Waals surface area contributed by atoms with Crippen LogP contribution in [-0.4, -0.2) is 23.7 Å². The third-order valence-corrected chi connectivity index (χ3v) is 3.91. The fraction of sp³-hybridized carbons (Fsp3) is 0.263. The summed E-state index contributed by atoms with van der Waals surface area (Å²) in [6.07, 6.45) is 0.0246. The predicted octanol–water partition coefficient (Wildman–Crippen LogP) is 4.76. The molecule has 0 unspecified atom stereocenters. The maximum Gasteiger partial charge on any atom is 0.261 e. The maximum absolute atomic E-state index is 12.6. The molecule has 2 aromatic carbocycles. The molecule has 2 N–H and O–H groups in total. The zero-order valence-corrected chi connectivity index (χ0v) is 17.2. The van der Waals surface area contributed by atoms with Gasteiger partial charge < -0.3 is 14.8 Å². The predicted molar refractivity (Wildman–Crippen MR) is 111 cm³/mol. The molecule has 26 heavy (non-hydrogen) atoms. The van der Waals surface area contributed by atoms with Crippen molar-refractivity contribution in [3.63, 3.8) is 0 Å². The highest BCUT2D eigenvalue weighted by atomic mass is 79.9. The number of nitrogens with one attached hydrogen (secondary N) is 2. The molecule has 0 heterocycles. The van der Waals surface area contributed by atoms with Gasteiger partial charge in [0.25, 0.3) is 5.91 Å². The van der Waals surface area contributed by atoms with E-state index in [0.29, 0.717) is 29.4 Å². The van der Waals surface area contributed by atoms with Gasteiger partial charge in [-0.3, -0.25) is 10.1 Å². The Morgan fingerprint density at radius 3 is 2.62 bits per heavy atom. The minimum absolute atomic E-state index is 0.0246. The summed E-state index contributed by atoms with van der Waals surface area (Å²) < 4.78 is 12.0. The van der Waals surface area contributed by atoms with E-state index in [1.165, 1.54) is 0 Å². The number of carbonyl (C=O) groups is 1. The molecule has 0 atom stereocenters. The largest absolute Gasteiger partial charge is 0.493 e. The Kier molecular flexibility index (Phi) is 7.41. The highest BCUT2D eigenvalue weighted by Gasteiger charge is 2.15. The average Bonchev–Trinajstić information content (AvgIpc) is 2.58. The third kappa shape index (κ3) is 5.71. The standard InChI is InChI=1S/C19H21BrN2O3S/c1-4-24-16-10-9-13(20)11-14(16)18(23)22-19(26)21-15-7-5-6-8-17(15)25-12(2)3/h5-12H,4H2,1-3H3,(H2,21,22,23,26). The smallest absolute Gasteiger partial charge is 0.261 e. The lowest BCUT2D eigenvalue weighted by Crippen LogP contribution is -2.34. The van der Waals surface area contributed by atoms with Gasteiger partial charge in [0.05, 0.1) is 24.0 Å². The monoisotopic (exact) mass is 436 g/mol. The third-order valence-electron chi connectivity index (χ3n) is 3.21. The van der Waals surface area contributed by atoms with Crippen LogP contribution in [0.1, 0.15) is 31.1 Å². The molecule has 7 heteroatoms. The van der Waals surface area contributed by atoms with Crippen molar-refractivity contribution in [3.8, 4) is 11.5 Å². The van der Waals surface area contributed by atoms with Crippen molar-refractivity contribution in [2.45, 2.75) is 26.9 Å². The van der Waals surface area contributed by atoms with Crippen molar-refractivity contribution < 1.29 is 14.3 Å². The first kappa shape index (κ1) is 20.2. The van der Waals surface area contributed by atoms with E-state index in [1.54, 1.807) is 12.1 Å². The summed E-state index contributed by atoms with van der Waals surface area (Å²) in [4.78, 5) is 12.6. The van der Waals surface area contributed by atoms with Gasteiger partial charge in [0.15, 0.2) is 5.11 Å². The first-order valence-electron chi connectivity index (χ1n) is 8.21. The molecule has 0 spiro atoms.